The second-order valence-corrected chi connectivity index (χ2v) is 3.85. The van der Waals surface area contributed by atoms with Crippen LogP contribution in [0.3, 0.4) is 0 Å². The van der Waals surface area contributed by atoms with Crippen molar-refractivity contribution in [1.29, 1.82) is 0 Å². The third-order valence-corrected chi connectivity index (χ3v) is 2.82. The highest BCUT2D eigenvalue weighted by Crippen LogP contribution is 2.13. The van der Waals surface area contributed by atoms with Gasteiger partial charge in [-0.2, -0.15) is 5.10 Å². The Bertz CT molecular complexity index is 302. The van der Waals surface area contributed by atoms with E-state index in [1.54, 1.807) is 0 Å². The molecule has 0 fully saturated rings. The average Bonchev–Trinajstić information content (AvgIpc) is 2.42. The Morgan fingerprint density at radius 3 is 2.43 bits per heavy atom. The number of hydrogen-bond donors (Lipinski definition) is 1. The van der Waals surface area contributed by atoms with Crippen LogP contribution in [0.2, 0.25) is 0 Å². The van der Waals surface area contributed by atoms with Crippen molar-refractivity contribution in [2.24, 2.45) is 5.73 Å². The van der Waals surface area contributed by atoms with Gasteiger partial charge in [-0.3, -0.25) is 4.68 Å². The number of aromatic nitrogens is 2. The zero-order valence-electron chi connectivity index (χ0n) is 9.67. The molecule has 1 aromatic rings. The van der Waals surface area contributed by atoms with Crippen LogP contribution in [0.5, 0.6) is 0 Å². The second-order valence-electron chi connectivity index (χ2n) is 3.85. The van der Waals surface area contributed by atoms with Gasteiger partial charge in [-0.25, -0.2) is 0 Å². The molecule has 14 heavy (non-hydrogen) atoms. The number of aryl methyl sites for hydroxylation is 1. The molecule has 0 radical (unpaired) electrons. The van der Waals surface area contributed by atoms with Gasteiger partial charge in [0.15, 0.2) is 0 Å². The van der Waals surface area contributed by atoms with Crippen LogP contribution in [0.1, 0.15) is 37.2 Å². The van der Waals surface area contributed by atoms with E-state index in [0.29, 0.717) is 0 Å². The quantitative estimate of drug-likeness (QED) is 0.796. The fourth-order valence-electron chi connectivity index (χ4n) is 1.77. The molecule has 1 heterocycles. The molecule has 0 spiro atoms. The fraction of sp³-hybridized carbons (Fsp3) is 0.727. The summed E-state index contributed by atoms with van der Waals surface area (Å²) in [5.41, 5.74) is 9.70. The van der Waals surface area contributed by atoms with Gasteiger partial charge in [-0.05, 0) is 32.3 Å². The molecule has 0 aliphatic carbocycles. The predicted octanol–water partition coefficient (Wildman–Crippen LogP) is 1.80. The van der Waals surface area contributed by atoms with Crippen LogP contribution < -0.4 is 5.73 Å². The SMILES string of the molecule is CCc1c(C)nn(CC(N)CC)c1C. The number of hydrogen-bond acceptors (Lipinski definition) is 2. The molecule has 1 unspecified atom stereocenters. The molecule has 3 heteroatoms. The first-order valence-electron chi connectivity index (χ1n) is 5.38. The van der Waals surface area contributed by atoms with Crippen LogP contribution >= 0.6 is 0 Å². The summed E-state index contributed by atoms with van der Waals surface area (Å²) in [7, 11) is 0. The van der Waals surface area contributed by atoms with Gasteiger partial charge >= 0.3 is 0 Å². The molecule has 0 saturated heterocycles. The van der Waals surface area contributed by atoms with Crippen molar-refractivity contribution < 1.29 is 0 Å². The van der Waals surface area contributed by atoms with Crippen molar-refractivity contribution in [1.82, 2.24) is 9.78 Å². The minimum atomic E-state index is 0.220. The van der Waals surface area contributed by atoms with Crippen molar-refractivity contribution in [2.75, 3.05) is 0 Å². The molecule has 0 aliphatic heterocycles. The highest BCUT2D eigenvalue weighted by Gasteiger charge is 2.10. The van der Waals surface area contributed by atoms with Crippen molar-refractivity contribution in [2.45, 2.75) is 53.1 Å². The minimum Gasteiger partial charge on any atom is -0.326 e. The second kappa shape index (κ2) is 4.60. The fourth-order valence-corrected chi connectivity index (χ4v) is 1.77. The monoisotopic (exact) mass is 195 g/mol. The lowest BCUT2D eigenvalue weighted by Gasteiger charge is -2.10. The summed E-state index contributed by atoms with van der Waals surface area (Å²) in [6.45, 7) is 9.31. The van der Waals surface area contributed by atoms with Crippen LogP contribution in [0.15, 0.2) is 0 Å². The predicted molar refractivity (Wildman–Crippen MR) is 59.3 cm³/mol. The molecular formula is C11H21N3. The van der Waals surface area contributed by atoms with Gasteiger partial charge in [-0.15, -0.1) is 0 Å². The Labute approximate surface area is 86.3 Å². The largest absolute Gasteiger partial charge is 0.326 e. The van der Waals surface area contributed by atoms with Gasteiger partial charge in [0.2, 0.25) is 0 Å². The van der Waals surface area contributed by atoms with Crippen LogP contribution in [0.25, 0.3) is 0 Å². The topological polar surface area (TPSA) is 43.8 Å². The summed E-state index contributed by atoms with van der Waals surface area (Å²) >= 11 is 0. The van der Waals surface area contributed by atoms with E-state index in [2.05, 4.69) is 32.8 Å². The summed E-state index contributed by atoms with van der Waals surface area (Å²) in [6.07, 6.45) is 2.05. The third kappa shape index (κ3) is 2.15. The molecule has 2 N–H and O–H groups in total. The molecule has 1 aromatic heterocycles. The Morgan fingerprint density at radius 2 is 2.00 bits per heavy atom. The highest BCUT2D eigenvalue weighted by molar-refractivity contribution is 5.24. The van der Waals surface area contributed by atoms with Crippen LogP contribution in [0, 0.1) is 13.8 Å². The Hall–Kier alpha value is -0.830. The summed E-state index contributed by atoms with van der Waals surface area (Å²) in [5, 5.41) is 4.51. The van der Waals surface area contributed by atoms with Crippen molar-refractivity contribution in [3.8, 4) is 0 Å². The molecule has 0 amide bonds. The average molecular weight is 195 g/mol. The lowest BCUT2D eigenvalue weighted by molar-refractivity contribution is 0.489. The summed E-state index contributed by atoms with van der Waals surface area (Å²) in [6, 6.07) is 0.220. The number of nitrogens with two attached hydrogens (primary N) is 1. The summed E-state index contributed by atoms with van der Waals surface area (Å²) in [4.78, 5) is 0. The van der Waals surface area contributed by atoms with Gasteiger partial charge in [0.1, 0.15) is 0 Å². The van der Waals surface area contributed by atoms with E-state index in [4.69, 9.17) is 5.73 Å². The Morgan fingerprint density at radius 1 is 1.36 bits per heavy atom. The lowest BCUT2D eigenvalue weighted by atomic mass is 10.1. The minimum absolute atomic E-state index is 0.220. The molecule has 3 nitrogen and oxygen atoms in total. The van der Waals surface area contributed by atoms with Crippen LogP contribution in [-0.2, 0) is 13.0 Å². The number of rotatable bonds is 4. The maximum atomic E-state index is 5.91. The Kier molecular flexibility index (Phi) is 3.69. The number of nitrogens with zero attached hydrogens (tertiary/aromatic N) is 2. The molecule has 0 saturated carbocycles. The third-order valence-electron chi connectivity index (χ3n) is 2.82. The van der Waals surface area contributed by atoms with Gasteiger partial charge in [0.25, 0.3) is 0 Å². The van der Waals surface area contributed by atoms with E-state index in [1.165, 1.54) is 11.3 Å². The summed E-state index contributed by atoms with van der Waals surface area (Å²) < 4.78 is 2.04. The van der Waals surface area contributed by atoms with E-state index in [1.807, 2.05) is 4.68 Å². The van der Waals surface area contributed by atoms with Gasteiger partial charge < -0.3 is 5.73 Å². The lowest BCUT2D eigenvalue weighted by Crippen LogP contribution is -2.26. The maximum Gasteiger partial charge on any atom is 0.0628 e. The standard InChI is InChI=1S/C11H21N3/c1-5-10(12)7-14-9(4)11(6-2)8(3)13-14/h10H,5-7,12H2,1-4H3. The smallest absolute Gasteiger partial charge is 0.0628 e. The van der Waals surface area contributed by atoms with Crippen LogP contribution in [0.4, 0.5) is 0 Å². The first kappa shape index (κ1) is 11.2. The first-order chi connectivity index (χ1) is 6.60. The normalized spacial score (nSPS) is 13.2. The zero-order valence-corrected chi connectivity index (χ0v) is 9.67. The van der Waals surface area contributed by atoms with E-state index in [9.17, 15) is 0 Å². The molecule has 0 aliphatic rings. The highest BCUT2D eigenvalue weighted by atomic mass is 15.3. The molecule has 80 valence electrons. The van der Waals surface area contributed by atoms with E-state index in [0.717, 1.165) is 25.1 Å². The van der Waals surface area contributed by atoms with Gasteiger partial charge in [0, 0.05) is 11.7 Å². The molecule has 0 aromatic carbocycles. The molecular weight excluding hydrogens is 174 g/mol. The van der Waals surface area contributed by atoms with Crippen LogP contribution in [-0.4, -0.2) is 15.8 Å². The molecule has 1 rings (SSSR count). The van der Waals surface area contributed by atoms with Crippen molar-refractivity contribution in [3.63, 3.8) is 0 Å². The zero-order chi connectivity index (χ0) is 10.7. The molecule has 0 bridgehead atoms. The molecule has 1 atom stereocenters. The van der Waals surface area contributed by atoms with E-state index >= 15 is 0 Å². The maximum absolute atomic E-state index is 5.91. The van der Waals surface area contributed by atoms with E-state index < -0.39 is 0 Å². The van der Waals surface area contributed by atoms with E-state index in [-0.39, 0.29) is 6.04 Å². The Balaban J connectivity index is 2.88. The van der Waals surface area contributed by atoms with Crippen molar-refractivity contribution in [3.05, 3.63) is 17.0 Å². The first-order valence-corrected chi connectivity index (χ1v) is 5.38. The van der Waals surface area contributed by atoms with Crippen molar-refractivity contribution >= 4 is 0 Å². The van der Waals surface area contributed by atoms with Gasteiger partial charge in [-0.1, -0.05) is 13.8 Å². The van der Waals surface area contributed by atoms with Gasteiger partial charge in [0.05, 0.1) is 12.2 Å². The summed E-state index contributed by atoms with van der Waals surface area (Å²) in [5.74, 6) is 0.